The van der Waals surface area contributed by atoms with Crippen molar-refractivity contribution in [2.45, 2.75) is 19.3 Å². The quantitative estimate of drug-likeness (QED) is 0.503. The molecule has 1 atom stereocenters. The summed E-state index contributed by atoms with van der Waals surface area (Å²) in [6.07, 6.45) is 5.75. The molecule has 1 aromatic rings. The van der Waals surface area contributed by atoms with E-state index < -0.39 is 0 Å². The molecule has 0 bridgehead atoms. The number of hydrogen-bond donors (Lipinski definition) is 0. The van der Waals surface area contributed by atoms with E-state index >= 15 is 0 Å². The molecule has 1 unspecified atom stereocenters. The van der Waals surface area contributed by atoms with Gasteiger partial charge in [0.1, 0.15) is 0 Å². The van der Waals surface area contributed by atoms with Gasteiger partial charge in [-0.15, -0.1) is 11.6 Å². The van der Waals surface area contributed by atoms with Gasteiger partial charge in [0.15, 0.2) is 0 Å². The first-order chi connectivity index (χ1) is 7.76. The van der Waals surface area contributed by atoms with Crippen molar-refractivity contribution in [1.82, 2.24) is 0 Å². The van der Waals surface area contributed by atoms with Crippen LogP contribution < -0.4 is 0 Å². The fourth-order valence-electron chi connectivity index (χ4n) is 1.75. The third-order valence-corrected chi connectivity index (χ3v) is 4.22. The average molecular weight is 322 g/mol. The summed E-state index contributed by atoms with van der Waals surface area (Å²) < 4.78 is 1.16. The molecule has 0 aliphatic heterocycles. The van der Waals surface area contributed by atoms with Crippen molar-refractivity contribution in [2.75, 3.05) is 17.9 Å². The van der Waals surface area contributed by atoms with Crippen LogP contribution in [0.5, 0.6) is 0 Å². The molecule has 0 heterocycles. The monoisotopic (exact) mass is 320 g/mol. The molecule has 0 aromatic heterocycles. The molecule has 1 aromatic carbocycles. The van der Waals surface area contributed by atoms with Gasteiger partial charge in [-0.3, -0.25) is 0 Å². The Labute approximate surface area is 116 Å². The summed E-state index contributed by atoms with van der Waals surface area (Å²) in [5.74, 6) is 2.62. The highest BCUT2D eigenvalue weighted by Gasteiger charge is 2.08. The second kappa shape index (κ2) is 8.43. The lowest BCUT2D eigenvalue weighted by atomic mass is 9.97. The lowest BCUT2D eigenvalue weighted by molar-refractivity contribution is 0.530. The van der Waals surface area contributed by atoms with Crippen LogP contribution in [0.15, 0.2) is 28.7 Å². The minimum absolute atomic E-state index is 0.614. The molecule has 0 aliphatic carbocycles. The Bertz CT molecular complexity index is 304. The summed E-state index contributed by atoms with van der Waals surface area (Å²) in [7, 11) is 0. The fraction of sp³-hybridized carbons (Fsp3) is 0.538. The summed E-state index contributed by atoms with van der Waals surface area (Å²) >= 11 is 11.4. The van der Waals surface area contributed by atoms with Gasteiger partial charge in [0.25, 0.3) is 0 Å². The van der Waals surface area contributed by atoms with Crippen molar-refractivity contribution in [3.63, 3.8) is 0 Å². The normalized spacial score (nSPS) is 12.7. The first-order valence-electron chi connectivity index (χ1n) is 5.55. The number of halogens is 2. The Kier molecular flexibility index (Phi) is 7.59. The van der Waals surface area contributed by atoms with Crippen LogP contribution in [0.2, 0.25) is 0 Å². The molecule has 0 radical (unpaired) electrons. The van der Waals surface area contributed by atoms with Crippen LogP contribution in [0.3, 0.4) is 0 Å². The minimum Gasteiger partial charge on any atom is -0.165 e. The Morgan fingerprint density at radius 1 is 1.44 bits per heavy atom. The summed E-state index contributed by atoms with van der Waals surface area (Å²) in [4.78, 5) is 0. The van der Waals surface area contributed by atoms with Gasteiger partial charge in [0, 0.05) is 10.4 Å². The highest BCUT2D eigenvalue weighted by molar-refractivity contribution is 9.10. The second-order valence-electron chi connectivity index (χ2n) is 3.99. The maximum absolute atomic E-state index is 6.02. The molecule has 1 rings (SSSR count). The molecule has 90 valence electrons. The number of hydrogen-bond acceptors (Lipinski definition) is 1. The molecular formula is C13H18BrClS. The maximum Gasteiger partial charge on any atom is 0.0254 e. The Morgan fingerprint density at radius 2 is 2.25 bits per heavy atom. The van der Waals surface area contributed by atoms with Crippen LogP contribution in [-0.4, -0.2) is 17.9 Å². The van der Waals surface area contributed by atoms with E-state index in [0.717, 1.165) is 16.8 Å². The van der Waals surface area contributed by atoms with Gasteiger partial charge in [-0.2, -0.15) is 11.8 Å². The molecule has 0 fully saturated rings. The predicted molar refractivity (Wildman–Crippen MR) is 79.7 cm³/mol. The van der Waals surface area contributed by atoms with Crippen LogP contribution in [0.1, 0.15) is 18.4 Å². The summed E-state index contributed by atoms with van der Waals surface area (Å²) in [5, 5.41) is 0. The summed E-state index contributed by atoms with van der Waals surface area (Å²) in [6.45, 7) is 0. The first kappa shape index (κ1) is 14.4. The standard InChI is InChI=1S/C13H18BrClS/c1-16-7-3-5-12(10-15)8-11-4-2-6-13(14)9-11/h2,4,6,9,12H,3,5,7-8,10H2,1H3. The van der Waals surface area contributed by atoms with Crippen LogP contribution in [0.25, 0.3) is 0 Å². The van der Waals surface area contributed by atoms with E-state index in [9.17, 15) is 0 Å². The predicted octanol–water partition coefficient (Wildman–Crippen LogP) is 4.99. The zero-order valence-corrected chi connectivity index (χ0v) is 12.7. The van der Waals surface area contributed by atoms with Gasteiger partial charge in [-0.05, 0) is 54.9 Å². The molecule has 16 heavy (non-hydrogen) atoms. The van der Waals surface area contributed by atoms with Gasteiger partial charge in [-0.1, -0.05) is 28.1 Å². The average Bonchev–Trinajstić information content (AvgIpc) is 2.28. The second-order valence-corrected chi connectivity index (χ2v) is 6.20. The van der Waals surface area contributed by atoms with Crippen molar-refractivity contribution in [2.24, 2.45) is 5.92 Å². The molecule has 0 amide bonds. The number of rotatable bonds is 7. The van der Waals surface area contributed by atoms with E-state index in [1.165, 1.54) is 24.2 Å². The Hall–Kier alpha value is 0.340. The third-order valence-electron chi connectivity index (χ3n) is 2.59. The highest BCUT2D eigenvalue weighted by Crippen LogP contribution is 2.19. The van der Waals surface area contributed by atoms with E-state index in [0.29, 0.717) is 5.92 Å². The Balaban J connectivity index is 2.43. The first-order valence-corrected chi connectivity index (χ1v) is 8.27. The topological polar surface area (TPSA) is 0 Å². The number of thioether (sulfide) groups is 1. The largest absolute Gasteiger partial charge is 0.165 e. The van der Waals surface area contributed by atoms with Crippen molar-refractivity contribution < 1.29 is 0 Å². The molecule has 3 heteroatoms. The smallest absolute Gasteiger partial charge is 0.0254 e. The number of benzene rings is 1. The molecular weight excluding hydrogens is 304 g/mol. The van der Waals surface area contributed by atoms with Crippen LogP contribution in [0.4, 0.5) is 0 Å². The third kappa shape index (κ3) is 5.60. The van der Waals surface area contributed by atoms with Crippen molar-refractivity contribution in [1.29, 1.82) is 0 Å². The molecule has 0 N–H and O–H groups in total. The van der Waals surface area contributed by atoms with Crippen LogP contribution >= 0.6 is 39.3 Å². The lowest BCUT2D eigenvalue weighted by Gasteiger charge is -2.13. The molecule has 0 nitrogen and oxygen atoms in total. The summed E-state index contributed by atoms with van der Waals surface area (Å²) in [5.41, 5.74) is 1.38. The maximum atomic E-state index is 6.02. The lowest BCUT2D eigenvalue weighted by Crippen LogP contribution is -2.07. The number of alkyl halides is 1. The van der Waals surface area contributed by atoms with E-state index in [4.69, 9.17) is 11.6 Å². The van der Waals surface area contributed by atoms with Crippen LogP contribution in [0, 0.1) is 5.92 Å². The highest BCUT2D eigenvalue weighted by atomic mass is 79.9. The summed E-state index contributed by atoms with van der Waals surface area (Å²) in [6, 6.07) is 8.52. The van der Waals surface area contributed by atoms with E-state index in [2.05, 4.69) is 46.5 Å². The van der Waals surface area contributed by atoms with E-state index in [1.54, 1.807) is 0 Å². The van der Waals surface area contributed by atoms with Gasteiger partial charge in [-0.25, -0.2) is 0 Å². The van der Waals surface area contributed by atoms with Gasteiger partial charge in [0.2, 0.25) is 0 Å². The van der Waals surface area contributed by atoms with Crippen LogP contribution in [-0.2, 0) is 6.42 Å². The van der Waals surface area contributed by atoms with Gasteiger partial charge in [0.05, 0.1) is 0 Å². The SMILES string of the molecule is CSCCCC(CCl)Cc1cccc(Br)c1. The van der Waals surface area contributed by atoms with E-state index in [-0.39, 0.29) is 0 Å². The van der Waals surface area contributed by atoms with Crippen molar-refractivity contribution >= 4 is 39.3 Å². The molecule has 0 aliphatic rings. The molecule has 0 saturated heterocycles. The Morgan fingerprint density at radius 3 is 2.88 bits per heavy atom. The van der Waals surface area contributed by atoms with E-state index in [1.807, 2.05) is 11.8 Å². The zero-order chi connectivity index (χ0) is 11.8. The molecule has 0 spiro atoms. The van der Waals surface area contributed by atoms with Gasteiger partial charge < -0.3 is 0 Å². The minimum atomic E-state index is 0.614. The van der Waals surface area contributed by atoms with Gasteiger partial charge >= 0.3 is 0 Å². The van der Waals surface area contributed by atoms with Crippen molar-refractivity contribution in [3.8, 4) is 0 Å². The van der Waals surface area contributed by atoms with Crippen molar-refractivity contribution in [3.05, 3.63) is 34.3 Å². The fourth-order valence-corrected chi connectivity index (χ4v) is 2.91. The molecule has 0 saturated carbocycles. The zero-order valence-electron chi connectivity index (χ0n) is 9.59.